The highest BCUT2D eigenvalue weighted by Crippen LogP contribution is 2.19. The van der Waals surface area contributed by atoms with Crippen LogP contribution in [0.5, 0.6) is 0 Å². The summed E-state index contributed by atoms with van der Waals surface area (Å²) in [5.74, 6) is -0.839. The molecule has 0 aliphatic rings. The lowest BCUT2D eigenvalue weighted by Crippen LogP contribution is -2.30. The van der Waals surface area contributed by atoms with Gasteiger partial charge in [-0.05, 0) is 19.3 Å². The Morgan fingerprint density at radius 3 is 0.541 bits per heavy atom. The Morgan fingerprint density at radius 2 is 0.365 bits per heavy atom. The summed E-state index contributed by atoms with van der Waals surface area (Å²) in [5.41, 5.74) is 0. The second-order valence-corrected chi connectivity index (χ2v) is 23.5. The molecule has 0 amide bonds. The number of hydrogen-bond acceptors (Lipinski definition) is 6. The van der Waals surface area contributed by atoms with Crippen molar-refractivity contribution in [1.29, 1.82) is 0 Å². The average Bonchev–Trinajstić information content (AvgIpc) is 3.40. The molecule has 0 aromatic rings. The van der Waals surface area contributed by atoms with Crippen molar-refractivity contribution >= 4 is 17.9 Å². The van der Waals surface area contributed by atoms with Crippen molar-refractivity contribution in [2.24, 2.45) is 0 Å². The van der Waals surface area contributed by atoms with Gasteiger partial charge in [0.05, 0.1) is 0 Å². The first-order valence-corrected chi connectivity index (χ1v) is 34.0. The van der Waals surface area contributed by atoms with Gasteiger partial charge < -0.3 is 14.2 Å². The Kier molecular flexibility index (Phi) is 62.6. The molecular weight excluding hydrogens is 913 g/mol. The van der Waals surface area contributed by atoms with Crippen LogP contribution in [0, 0.1) is 0 Å². The van der Waals surface area contributed by atoms with Crippen molar-refractivity contribution < 1.29 is 28.6 Å². The van der Waals surface area contributed by atoms with Gasteiger partial charge in [0.1, 0.15) is 13.2 Å². The van der Waals surface area contributed by atoms with Crippen molar-refractivity contribution in [3.63, 3.8) is 0 Å². The van der Waals surface area contributed by atoms with Crippen LogP contribution in [0.1, 0.15) is 400 Å². The van der Waals surface area contributed by atoms with Crippen LogP contribution in [0.15, 0.2) is 0 Å². The summed E-state index contributed by atoms with van der Waals surface area (Å²) >= 11 is 0. The molecule has 0 aliphatic heterocycles. The van der Waals surface area contributed by atoms with Gasteiger partial charge in [-0.15, -0.1) is 0 Å². The number of rotatable bonds is 64. The Hall–Kier alpha value is -1.59. The maximum atomic E-state index is 12.8. The minimum Gasteiger partial charge on any atom is -0.462 e. The molecule has 0 N–H and O–H groups in total. The van der Waals surface area contributed by atoms with Gasteiger partial charge in [-0.1, -0.05) is 361 Å². The molecule has 0 heterocycles. The van der Waals surface area contributed by atoms with Crippen LogP contribution in [-0.4, -0.2) is 37.2 Å². The minimum absolute atomic E-state index is 0.0617. The predicted molar refractivity (Wildman–Crippen MR) is 321 cm³/mol. The van der Waals surface area contributed by atoms with Gasteiger partial charge >= 0.3 is 17.9 Å². The quantitative estimate of drug-likeness (QED) is 0.0343. The van der Waals surface area contributed by atoms with Gasteiger partial charge in [0.25, 0.3) is 0 Å². The highest BCUT2D eigenvalue weighted by atomic mass is 16.6. The summed E-state index contributed by atoms with van der Waals surface area (Å²) < 4.78 is 16.8. The fourth-order valence-corrected chi connectivity index (χ4v) is 10.7. The summed E-state index contributed by atoms with van der Waals surface area (Å²) in [6.07, 6.45) is 74.6. The third kappa shape index (κ3) is 61.3. The summed E-state index contributed by atoms with van der Waals surface area (Å²) in [7, 11) is 0. The number of ether oxygens (including phenoxy) is 3. The summed E-state index contributed by atoms with van der Waals surface area (Å²) in [5, 5.41) is 0. The van der Waals surface area contributed by atoms with E-state index in [4.69, 9.17) is 14.2 Å². The molecule has 0 rings (SSSR count). The van der Waals surface area contributed by atoms with Gasteiger partial charge in [-0.25, -0.2) is 0 Å². The molecule has 1 unspecified atom stereocenters. The molecule has 1 atom stereocenters. The van der Waals surface area contributed by atoms with Crippen LogP contribution in [0.3, 0.4) is 0 Å². The van der Waals surface area contributed by atoms with Crippen LogP contribution < -0.4 is 0 Å². The molecule has 0 radical (unpaired) electrons. The number of carbonyl (C=O) groups excluding carboxylic acids is 3. The number of unbranched alkanes of at least 4 members (excludes halogenated alkanes) is 53. The zero-order valence-corrected chi connectivity index (χ0v) is 50.7. The highest BCUT2D eigenvalue weighted by Gasteiger charge is 2.19. The van der Waals surface area contributed by atoms with Crippen molar-refractivity contribution in [1.82, 2.24) is 0 Å². The third-order valence-electron chi connectivity index (χ3n) is 15.9. The Morgan fingerprint density at radius 1 is 0.216 bits per heavy atom. The first-order valence-electron chi connectivity index (χ1n) is 34.0. The molecular formula is C68H132O6. The van der Waals surface area contributed by atoms with E-state index in [1.165, 1.54) is 302 Å². The lowest BCUT2D eigenvalue weighted by molar-refractivity contribution is -0.167. The van der Waals surface area contributed by atoms with Crippen molar-refractivity contribution in [2.45, 2.75) is 406 Å². The van der Waals surface area contributed by atoms with Gasteiger partial charge in [-0.3, -0.25) is 14.4 Å². The second kappa shape index (κ2) is 63.9. The SMILES string of the molecule is CCCCCCCCCCCCCCCCCCCCCCCCCCCCCCCCCCCCC(=O)OCC(COC(=O)CCCCCCCCC)OC(=O)CCCCCCCCCCCCCCCCC. The number of esters is 3. The standard InChI is InChI=1S/C68H132O6/c1-4-7-10-13-16-18-20-22-24-25-26-27-28-29-30-31-32-33-34-35-36-37-38-39-40-41-42-44-45-47-49-52-55-58-61-67(70)73-64-65(63-72-66(69)60-57-54-51-15-12-9-6-3)74-68(71)62-59-56-53-50-48-46-43-23-21-19-17-14-11-8-5-2/h65H,4-64H2,1-3H3. The molecule has 6 heteroatoms. The van der Waals surface area contributed by atoms with E-state index in [0.29, 0.717) is 19.3 Å². The maximum absolute atomic E-state index is 12.8. The third-order valence-corrected chi connectivity index (χ3v) is 15.9. The molecule has 0 bridgehead atoms. The topological polar surface area (TPSA) is 78.9 Å². The smallest absolute Gasteiger partial charge is 0.306 e. The van der Waals surface area contributed by atoms with Crippen LogP contribution >= 0.6 is 0 Å². The molecule has 0 aliphatic carbocycles. The molecule has 74 heavy (non-hydrogen) atoms. The van der Waals surface area contributed by atoms with Gasteiger partial charge in [0.2, 0.25) is 0 Å². The predicted octanol–water partition coefficient (Wildman–Crippen LogP) is 23.1. The van der Waals surface area contributed by atoms with Gasteiger partial charge in [0.15, 0.2) is 6.10 Å². The van der Waals surface area contributed by atoms with Gasteiger partial charge in [-0.2, -0.15) is 0 Å². The average molecular weight is 1050 g/mol. The van der Waals surface area contributed by atoms with Crippen molar-refractivity contribution in [2.75, 3.05) is 13.2 Å². The van der Waals surface area contributed by atoms with Crippen molar-refractivity contribution in [3.8, 4) is 0 Å². The zero-order chi connectivity index (χ0) is 53.6. The molecule has 0 spiro atoms. The van der Waals surface area contributed by atoms with Crippen LogP contribution in [0.25, 0.3) is 0 Å². The largest absolute Gasteiger partial charge is 0.462 e. The lowest BCUT2D eigenvalue weighted by atomic mass is 10.0. The summed E-state index contributed by atoms with van der Waals surface area (Å²) in [6.45, 7) is 6.67. The molecule has 0 fully saturated rings. The van der Waals surface area contributed by atoms with E-state index in [2.05, 4.69) is 20.8 Å². The minimum atomic E-state index is -0.760. The Labute approximate surface area is 463 Å². The lowest BCUT2D eigenvalue weighted by Gasteiger charge is -2.18. The Balaban J connectivity index is 3.88. The summed E-state index contributed by atoms with van der Waals surface area (Å²) in [6, 6.07) is 0. The number of hydrogen-bond donors (Lipinski definition) is 0. The molecule has 0 saturated carbocycles. The molecule has 0 aromatic carbocycles. The van der Waals surface area contributed by atoms with Crippen LogP contribution in [0.4, 0.5) is 0 Å². The fourth-order valence-electron chi connectivity index (χ4n) is 10.7. The summed E-state index contributed by atoms with van der Waals surface area (Å²) in [4.78, 5) is 38.0. The molecule has 0 saturated heterocycles. The fraction of sp³-hybridized carbons (Fsp3) is 0.956. The van der Waals surface area contributed by atoms with E-state index in [1.54, 1.807) is 0 Å². The van der Waals surface area contributed by atoms with Gasteiger partial charge in [0, 0.05) is 19.3 Å². The van der Waals surface area contributed by atoms with E-state index < -0.39 is 6.10 Å². The molecule has 6 nitrogen and oxygen atoms in total. The zero-order valence-electron chi connectivity index (χ0n) is 50.7. The van der Waals surface area contributed by atoms with E-state index in [9.17, 15) is 14.4 Å². The number of carbonyl (C=O) groups is 3. The van der Waals surface area contributed by atoms with E-state index in [0.717, 1.165) is 57.8 Å². The normalized spacial score (nSPS) is 11.9. The first kappa shape index (κ1) is 72.4. The first-order chi connectivity index (χ1) is 36.5. The highest BCUT2D eigenvalue weighted by molar-refractivity contribution is 5.71. The Bertz CT molecular complexity index is 1110. The van der Waals surface area contributed by atoms with Crippen molar-refractivity contribution in [3.05, 3.63) is 0 Å². The van der Waals surface area contributed by atoms with E-state index >= 15 is 0 Å². The second-order valence-electron chi connectivity index (χ2n) is 23.5. The molecule has 440 valence electrons. The van der Waals surface area contributed by atoms with E-state index in [-0.39, 0.29) is 31.1 Å². The maximum Gasteiger partial charge on any atom is 0.306 e. The molecule has 0 aromatic heterocycles. The van der Waals surface area contributed by atoms with Crippen LogP contribution in [-0.2, 0) is 28.6 Å². The monoisotopic (exact) mass is 1050 g/mol. The van der Waals surface area contributed by atoms with E-state index in [1.807, 2.05) is 0 Å². The van der Waals surface area contributed by atoms with Crippen LogP contribution in [0.2, 0.25) is 0 Å².